The predicted molar refractivity (Wildman–Crippen MR) is 114 cm³/mol. The van der Waals surface area contributed by atoms with Gasteiger partial charge >= 0.3 is 6.03 Å². The van der Waals surface area contributed by atoms with Crippen LogP contribution >= 0.6 is 0 Å². The van der Waals surface area contributed by atoms with Gasteiger partial charge in [-0.1, -0.05) is 30.3 Å². The molecule has 1 atom stereocenters. The van der Waals surface area contributed by atoms with Crippen molar-refractivity contribution in [1.29, 1.82) is 0 Å². The summed E-state index contributed by atoms with van der Waals surface area (Å²) < 4.78 is 11.2. The minimum atomic E-state index is -0.253. The summed E-state index contributed by atoms with van der Waals surface area (Å²) in [6.07, 6.45) is 3.57. The van der Waals surface area contributed by atoms with E-state index in [9.17, 15) is 9.59 Å². The van der Waals surface area contributed by atoms with Gasteiger partial charge in [0.25, 0.3) is 0 Å². The van der Waals surface area contributed by atoms with Crippen LogP contribution in [0.2, 0.25) is 0 Å². The summed E-state index contributed by atoms with van der Waals surface area (Å²) in [5, 5.41) is 2.92. The van der Waals surface area contributed by atoms with E-state index in [1.165, 1.54) is 0 Å². The molecule has 1 unspecified atom stereocenters. The summed E-state index contributed by atoms with van der Waals surface area (Å²) in [5.41, 5.74) is 1.01. The Labute approximate surface area is 178 Å². The number of benzene rings is 1. The molecule has 2 heterocycles. The quantitative estimate of drug-likeness (QED) is 0.684. The second-order valence-electron chi connectivity index (χ2n) is 7.85. The lowest BCUT2D eigenvalue weighted by molar-refractivity contribution is -0.134. The molecule has 1 aromatic heterocycles. The molecule has 1 aromatic carbocycles. The third-order valence-corrected chi connectivity index (χ3v) is 5.20. The molecule has 0 aliphatic carbocycles. The van der Waals surface area contributed by atoms with Crippen molar-refractivity contribution in [3.05, 3.63) is 60.1 Å². The first-order valence-corrected chi connectivity index (χ1v) is 10.5. The molecule has 1 aliphatic heterocycles. The van der Waals surface area contributed by atoms with Crippen LogP contribution in [0, 0.1) is 0 Å². The Kier molecular flexibility index (Phi) is 7.90. The highest BCUT2D eigenvalue weighted by atomic mass is 16.5. The lowest BCUT2D eigenvalue weighted by Crippen LogP contribution is -2.50. The van der Waals surface area contributed by atoms with Crippen molar-refractivity contribution in [2.45, 2.75) is 51.9 Å². The lowest BCUT2D eigenvalue weighted by atomic mass is 10.2. The molecule has 7 nitrogen and oxygen atoms in total. The van der Waals surface area contributed by atoms with E-state index in [-0.39, 0.29) is 30.6 Å². The van der Waals surface area contributed by atoms with Crippen molar-refractivity contribution in [3.8, 4) is 0 Å². The number of nitrogens with zero attached hydrogens (tertiary/aromatic N) is 2. The highest BCUT2D eigenvalue weighted by Gasteiger charge is 2.27. The number of furan rings is 1. The number of hydrogen-bond acceptors (Lipinski definition) is 4. The van der Waals surface area contributed by atoms with Gasteiger partial charge in [-0.05, 0) is 44.4 Å². The van der Waals surface area contributed by atoms with Crippen LogP contribution in [0.25, 0.3) is 0 Å². The summed E-state index contributed by atoms with van der Waals surface area (Å²) >= 11 is 0. The number of carbonyl (C=O) groups excluding carboxylic acids is 2. The van der Waals surface area contributed by atoms with Crippen molar-refractivity contribution < 1.29 is 18.7 Å². The SMILES string of the molecule is CC(C)N(CC(=O)N(Cc1ccco1)CC1CCCO1)C(=O)NCc1ccccc1. The Bertz CT molecular complexity index is 786. The molecule has 1 aliphatic rings. The average Bonchev–Trinajstić information content (AvgIpc) is 3.44. The molecule has 0 saturated carbocycles. The van der Waals surface area contributed by atoms with Gasteiger partial charge in [0, 0.05) is 25.7 Å². The molecular formula is C23H31N3O4. The standard InChI is InChI=1S/C23H31N3O4/c1-18(2)26(23(28)24-14-19-8-4-3-5-9-19)17-22(27)25(15-20-10-6-12-29-20)16-21-11-7-13-30-21/h3-6,8-10,12,18,21H,7,11,13-17H2,1-2H3,(H,24,28). The molecule has 30 heavy (non-hydrogen) atoms. The van der Waals surface area contributed by atoms with Crippen LogP contribution in [-0.2, 0) is 22.6 Å². The smallest absolute Gasteiger partial charge is 0.318 e. The lowest BCUT2D eigenvalue weighted by Gasteiger charge is -2.31. The molecule has 1 N–H and O–H groups in total. The predicted octanol–water partition coefficient (Wildman–Crippen LogP) is 3.41. The molecule has 2 aromatic rings. The van der Waals surface area contributed by atoms with E-state index >= 15 is 0 Å². The maximum Gasteiger partial charge on any atom is 0.318 e. The molecular weight excluding hydrogens is 382 g/mol. The van der Waals surface area contributed by atoms with E-state index in [4.69, 9.17) is 9.15 Å². The number of amides is 3. The summed E-state index contributed by atoms with van der Waals surface area (Å²) in [6.45, 7) is 5.83. The van der Waals surface area contributed by atoms with E-state index in [1.807, 2.05) is 56.3 Å². The Morgan fingerprint density at radius 2 is 1.97 bits per heavy atom. The Morgan fingerprint density at radius 1 is 1.17 bits per heavy atom. The minimum Gasteiger partial charge on any atom is -0.467 e. The molecule has 3 rings (SSSR count). The first kappa shape index (κ1) is 21.9. The molecule has 0 spiro atoms. The topological polar surface area (TPSA) is 75.0 Å². The van der Waals surface area contributed by atoms with Gasteiger partial charge in [0.2, 0.25) is 5.91 Å². The summed E-state index contributed by atoms with van der Waals surface area (Å²) in [5.74, 6) is 0.594. The number of hydrogen-bond donors (Lipinski definition) is 1. The van der Waals surface area contributed by atoms with Crippen LogP contribution in [0.3, 0.4) is 0 Å². The second-order valence-corrected chi connectivity index (χ2v) is 7.85. The zero-order chi connectivity index (χ0) is 21.3. The fourth-order valence-corrected chi connectivity index (χ4v) is 3.49. The van der Waals surface area contributed by atoms with Crippen molar-refractivity contribution in [3.63, 3.8) is 0 Å². The van der Waals surface area contributed by atoms with Gasteiger partial charge in [0.1, 0.15) is 12.3 Å². The molecule has 0 radical (unpaired) electrons. The van der Waals surface area contributed by atoms with Crippen molar-refractivity contribution >= 4 is 11.9 Å². The second kappa shape index (κ2) is 10.8. The Morgan fingerprint density at radius 3 is 2.60 bits per heavy atom. The van der Waals surface area contributed by atoms with Gasteiger partial charge < -0.3 is 24.3 Å². The number of carbonyl (C=O) groups is 2. The van der Waals surface area contributed by atoms with E-state index in [0.717, 1.165) is 25.0 Å². The molecule has 1 fully saturated rings. The largest absolute Gasteiger partial charge is 0.467 e. The zero-order valence-electron chi connectivity index (χ0n) is 17.8. The van der Waals surface area contributed by atoms with E-state index < -0.39 is 0 Å². The maximum atomic E-state index is 13.2. The Balaban J connectivity index is 1.62. The van der Waals surface area contributed by atoms with Crippen molar-refractivity contribution in [1.82, 2.24) is 15.1 Å². The molecule has 7 heteroatoms. The number of urea groups is 1. The van der Waals surface area contributed by atoms with Gasteiger partial charge in [-0.2, -0.15) is 0 Å². The van der Waals surface area contributed by atoms with E-state index in [1.54, 1.807) is 16.1 Å². The van der Waals surface area contributed by atoms with Crippen LogP contribution in [0.15, 0.2) is 53.1 Å². The molecule has 1 saturated heterocycles. The van der Waals surface area contributed by atoms with Gasteiger partial charge in [-0.15, -0.1) is 0 Å². The molecule has 3 amide bonds. The van der Waals surface area contributed by atoms with Crippen LogP contribution in [0.5, 0.6) is 0 Å². The maximum absolute atomic E-state index is 13.2. The van der Waals surface area contributed by atoms with Crippen LogP contribution < -0.4 is 5.32 Å². The number of rotatable bonds is 9. The van der Waals surface area contributed by atoms with Gasteiger partial charge in [-0.3, -0.25) is 4.79 Å². The highest BCUT2D eigenvalue weighted by Crippen LogP contribution is 2.16. The third-order valence-electron chi connectivity index (χ3n) is 5.20. The Hall–Kier alpha value is -2.80. The van der Waals surface area contributed by atoms with Gasteiger partial charge in [0.15, 0.2) is 0 Å². The number of ether oxygens (including phenoxy) is 1. The van der Waals surface area contributed by atoms with E-state index in [0.29, 0.717) is 25.4 Å². The molecule has 162 valence electrons. The van der Waals surface area contributed by atoms with E-state index in [2.05, 4.69) is 5.32 Å². The number of nitrogens with one attached hydrogen (secondary N) is 1. The van der Waals surface area contributed by atoms with Crippen molar-refractivity contribution in [2.24, 2.45) is 0 Å². The van der Waals surface area contributed by atoms with Gasteiger partial charge in [0.05, 0.1) is 18.9 Å². The zero-order valence-corrected chi connectivity index (χ0v) is 17.8. The fourth-order valence-electron chi connectivity index (χ4n) is 3.49. The summed E-state index contributed by atoms with van der Waals surface area (Å²) in [7, 11) is 0. The average molecular weight is 414 g/mol. The van der Waals surface area contributed by atoms with Crippen LogP contribution in [-0.4, -0.2) is 53.6 Å². The normalized spacial score (nSPS) is 15.9. The summed E-state index contributed by atoms with van der Waals surface area (Å²) in [4.78, 5) is 29.2. The fraction of sp³-hybridized carbons (Fsp3) is 0.478. The minimum absolute atomic E-state index is 0.00567. The van der Waals surface area contributed by atoms with Crippen LogP contribution in [0.4, 0.5) is 4.79 Å². The first-order chi connectivity index (χ1) is 14.5. The molecule has 0 bridgehead atoms. The monoisotopic (exact) mass is 413 g/mol. The van der Waals surface area contributed by atoms with Gasteiger partial charge in [-0.25, -0.2) is 4.79 Å². The van der Waals surface area contributed by atoms with Crippen molar-refractivity contribution in [2.75, 3.05) is 19.7 Å². The summed E-state index contributed by atoms with van der Waals surface area (Å²) in [6, 6.07) is 13.0. The van der Waals surface area contributed by atoms with Crippen LogP contribution in [0.1, 0.15) is 38.0 Å². The third kappa shape index (κ3) is 6.35. The first-order valence-electron chi connectivity index (χ1n) is 10.5. The highest BCUT2D eigenvalue weighted by molar-refractivity contribution is 5.84.